The molecule has 4 rings (SSSR count). The summed E-state index contributed by atoms with van der Waals surface area (Å²) in [4.78, 5) is 12.3. The molecule has 2 bridgehead atoms. The van der Waals surface area contributed by atoms with Crippen LogP contribution in [0.15, 0.2) is 47.7 Å². The van der Waals surface area contributed by atoms with E-state index in [0.29, 0.717) is 35.6 Å². The van der Waals surface area contributed by atoms with Gasteiger partial charge in [-0.1, -0.05) is 69.6 Å². The highest BCUT2D eigenvalue weighted by atomic mass is 35.5. The first-order valence-electron chi connectivity index (χ1n) is 12.3. The lowest BCUT2D eigenvalue weighted by atomic mass is 9.69. The molecule has 33 heavy (non-hydrogen) atoms. The fraction of sp³-hybridized carbons (Fsp3) is 0.607. The highest BCUT2D eigenvalue weighted by Gasteiger charge is 2.71. The maximum Gasteiger partial charge on any atom is 0.305 e. The molecule has 1 aliphatic carbocycles. The maximum absolute atomic E-state index is 12.3. The zero-order chi connectivity index (χ0) is 23.8. The van der Waals surface area contributed by atoms with Gasteiger partial charge in [0.15, 0.2) is 0 Å². The number of halogens is 1. The van der Waals surface area contributed by atoms with Crippen LogP contribution < -0.4 is 0 Å². The van der Waals surface area contributed by atoms with Gasteiger partial charge in [0.2, 0.25) is 0 Å². The number of hydrogen-bond acceptors (Lipinski definition) is 4. The summed E-state index contributed by atoms with van der Waals surface area (Å²) < 4.78 is 19.4. The quantitative estimate of drug-likeness (QED) is 0.250. The summed E-state index contributed by atoms with van der Waals surface area (Å²) >= 11 is 6.47. The Kier molecular flexibility index (Phi) is 6.98. The Hall–Kier alpha value is -1.78. The van der Waals surface area contributed by atoms with Crippen molar-refractivity contribution in [3.63, 3.8) is 0 Å². The molecular weight excluding hydrogens is 436 g/mol. The van der Waals surface area contributed by atoms with Crippen molar-refractivity contribution in [2.24, 2.45) is 23.7 Å². The third-order valence-corrected chi connectivity index (χ3v) is 8.51. The third-order valence-electron chi connectivity index (χ3n) is 8.27. The van der Waals surface area contributed by atoms with Crippen molar-refractivity contribution in [1.82, 2.24) is 0 Å². The fourth-order valence-corrected chi connectivity index (χ4v) is 6.64. The van der Waals surface area contributed by atoms with Crippen LogP contribution in [0.3, 0.4) is 0 Å². The van der Waals surface area contributed by atoms with E-state index in [0.717, 1.165) is 18.4 Å². The molecule has 0 aromatic heterocycles. The number of carbonyl (C=O) groups excluding carboxylic acids is 1. The second-order valence-corrected chi connectivity index (χ2v) is 10.9. The minimum Gasteiger partial charge on any atom is -0.495 e. The van der Waals surface area contributed by atoms with Crippen molar-refractivity contribution in [3.05, 3.63) is 53.3 Å². The predicted molar refractivity (Wildman–Crippen MR) is 132 cm³/mol. The van der Waals surface area contributed by atoms with Crippen LogP contribution in [-0.4, -0.2) is 29.4 Å². The van der Waals surface area contributed by atoms with Gasteiger partial charge < -0.3 is 14.2 Å². The second kappa shape index (κ2) is 9.46. The van der Waals surface area contributed by atoms with Gasteiger partial charge in [-0.2, -0.15) is 0 Å². The molecule has 2 aliphatic heterocycles. The summed E-state index contributed by atoms with van der Waals surface area (Å²) in [6, 6.07) is 9.99. The van der Waals surface area contributed by atoms with Crippen molar-refractivity contribution in [1.29, 1.82) is 0 Å². The molecule has 3 aliphatic rings. The van der Waals surface area contributed by atoms with Crippen LogP contribution >= 0.6 is 11.6 Å². The van der Waals surface area contributed by atoms with Crippen LogP contribution in [0.5, 0.6) is 0 Å². The minimum atomic E-state index is -0.507. The highest BCUT2D eigenvalue weighted by molar-refractivity contribution is 6.33. The van der Waals surface area contributed by atoms with Crippen LogP contribution in [-0.2, 0) is 19.0 Å². The summed E-state index contributed by atoms with van der Waals surface area (Å²) in [7, 11) is 0. The largest absolute Gasteiger partial charge is 0.495 e. The van der Waals surface area contributed by atoms with Gasteiger partial charge in [0.1, 0.15) is 23.4 Å². The molecule has 1 saturated carbocycles. The van der Waals surface area contributed by atoms with E-state index in [-0.39, 0.29) is 24.1 Å². The summed E-state index contributed by atoms with van der Waals surface area (Å²) in [6.07, 6.45) is 8.35. The standard InChI is InChI=1S/C28H37ClO4/c1-6-24(30)32-23-17-28(18(2)3)26(25-19(4)12-13-22(25)27(23,5)33-28)31-15-14-21(29)16-20-10-8-7-9-11-20/h7-11,14-16,18-19,22-23,25-26H,6,12-13,17H2,1-5H3. The van der Waals surface area contributed by atoms with Crippen LogP contribution in [0.1, 0.15) is 65.9 Å². The minimum absolute atomic E-state index is 0.115. The molecule has 5 heteroatoms. The molecular formula is C28H37ClO4. The molecule has 0 spiro atoms. The highest BCUT2D eigenvalue weighted by Crippen LogP contribution is 2.63. The molecule has 0 amide bonds. The second-order valence-electron chi connectivity index (χ2n) is 10.5. The summed E-state index contributed by atoms with van der Waals surface area (Å²) in [5.41, 5.74) is 0.0648. The Morgan fingerprint density at radius 2 is 2.00 bits per heavy atom. The van der Waals surface area contributed by atoms with E-state index < -0.39 is 11.2 Å². The van der Waals surface area contributed by atoms with Crippen molar-refractivity contribution in [3.8, 4) is 0 Å². The smallest absolute Gasteiger partial charge is 0.305 e. The Morgan fingerprint density at radius 1 is 1.27 bits per heavy atom. The van der Waals surface area contributed by atoms with E-state index >= 15 is 0 Å². The summed E-state index contributed by atoms with van der Waals surface area (Å²) in [5.74, 6) is 1.22. The average molecular weight is 473 g/mol. The van der Waals surface area contributed by atoms with Crippen LogP contribution in [0.4, 0.5) is 0 Å². The number of carbonyl (C=O) groups is 1. The summed E-state index contributed by atoms with van der Waals surface area (Å²) in [6.45, 7) is 10.7. The van der Waals surface area contributed by atoms with E-state index in [1.807, 2.05) is 49.4 Å². The molecule has 7 atom stereocenters. The zero-order valence-electron chi connectivity index (χ0n) is 20.4. The predicted octanol–water partition coefficient (Wildman–Crippen LogP) is 6.74. The molecule has 1 aromatic rings. The number of fused-ring (bicyclic) bond motifs is 4. The normalized spacial score (nSPS) is 38.0. The average Bonchev–Trinajstić information content (AvgIpc) is 3.29. The van der Waals surface area contributed by atoms with Crippen LogP contribution in [0.25, 0.3) is 6.08 Å². The van der Waals surface area contributed by atoms with Gasteiger partial charge in [0.05, 0.1) is 6.26 Å². The zero-order valence-corrected chi connectivity index (χ0v) is 21.2. The van der Waals surface area contributed by atoms with Gasteiger partial charge in [-0.25, -0.2) is 0 Å². The van der Waals surface area contributed by atoms with Crippen LogP contribution in [0, 0.1) is 23.7 Å². The van der Waals surface area contributed by atoms with Crippen molar-refractivity contribution < 1.29 is 19.0 Å². The van der Waals surface area contributed by atoms with Crippen LogP contribution in [0.2, 0.25) is 0 Å². The number of benzene rings is 1. The Balaban J connectivity index is 1.62. The van der Waals surface area contributed by atoms with Gasteiger partial charge in [-0.3, -0.25) is 4.79 Å². The van der Waals surface area contributed by atoms with Gasteiger partial charge in [-0.15, -0.1) is 0 Å². The number of hydrogen-bond donors (Lipinski definition) is 0. The maximum atomic E-state index is 12.3. The number of allylic oxidation sites excluding steroid dienone is 2. The topological polar surface area (TPSA) is 44.8 Å². The molecule has 0 radical (unpaired) electrons. The molecule has 7 unspecified atom stereocenters. The Labute approximate surface area is 203 Å². The number of esters is 1. The van der Waals surface area contributed by atoms with Gasteiger partial charge in [0.25, 0.3) is 0 Å². The van der Waals surface area contributed by atoms with E-state index in [1.165, 1.54) is 0 Å². The van der Waals surface area contributed by atoms with Gasteiger partial charge >= 0.3 is 5.97 Å². The molecule has 180 valence electrons. The number of ether oxygens (including phenoxy) is 3. The van der Waals surface area contributed by atoms with E-state index in [2.05, 4.69) is 27.7 Å². The van der Waals surface area contributed by atoms with Gasteiger partial charge in [-0.05, 0) is 55.2 Å². The first-order valence-corrected chi connectivity index (χ1v) is 12.7. The van der Waals surface area contributed by atoms with E-state index in [1.54, 1.807) is 6.26 Å². The molecule has 2 heterocycles. The molecule has 1 aromatic carbocycles. The molecule has 0 N–H and O–H groups in total. The lowest BCUT2D eigenvalue weighted by molar-refractivity contribution is -0.260. The Bertz CT molecular complexity index is 910. The molecule has 3 fully saturated rings. The monoisotopic (exact) mass is 472 g/mol. The third kappa shape index (κ3) is 4.37. The SMILES string of the molecule is CCC(=O)OC1CC2(C(C)C)OC1(C)C1CCC(C)C1C2OC=CC(Cl)=Cc1ccccc1. The number of rotatable bonds is 7. The first kappa shape index (κ1) is 24.3. The molecule has 4 nitrogen and oxygen atoms in total. The first-order chi connectivity index (χ1) is 15.7. The van der Waals surface area contributed by atoms with Crippen molar-refractivity contribution in [2.75, 3.05) is 0 Å². The van der Waals surface area contributed by atoms with E-state index in [9.17, 15) is 4.79 Å². The van der Waals surface area contributed by atoms with E-state index in [4.69, 9.17) is 25.8 Å². The lowest BCUT2D eigenvalue weighted by Crippen LogP contribution is -2.61. The van der Waals surface area contributed by atoms with Crippen molar-refractivity contribution in [2.45, 2.75) is 83.7 Å². The molecule has 2 saturated heterocycles. The van der Waals surface area contributed by atoms with Crippen molar-refractivity contribution >= 4 is 23.6 Å². The Morgan fingerprint density at radius 3 is 2.67 bits per heavy atom. The lowest BCUT2D eigenvalue weighted by Gasteiger charge is -2.53. The van der Waals surface area contributed by atoms with Gasteiger partial charge in [0, 0.05) is 23.8 Å². The summed E-state index contributed by atoms with van der Waals surface area (Å²) in [5, 5.41) is 0.610. The fourth-order valence-electron chi connectivity index (χ4n) is 6.46.